The Balaban J connectivity index is -0.00000111. The third kappa shape index (κ3) is 83.9. The number of rotatable bonds is 62. The van der Waals surface area contributed by atoms with Crippen molar-refractivity contribution in [2.24, 2.45) is 0 Å². The van der Waals surface area contributed by atoms with Gasteiger partial charge in [-0.2, -0.15) is 0 Å². The molecule has 0 bridgehead atoms. The van der Waals surface area contributed by atoms with E-state index in [1.807, 2.05) is 0 Å². The molecule has 0 aromatic carbocycles. The highest BCUT2D eigenvalue weighted by Gasteiger charge is 2.04. The zero-order chi connectivity index (χ0) is 55.3. The number of ether oxygens (including phenoxy) is 1. The Morgan fingerprint density at radius 3 is 0.533 bits per heavy atom. The lowest BCUT2D eigenvalue weighted by Gasteiger charge is -2.06. The van der Waals surface area contributed by atoms with E-state index in [0.717, 1.165) is 38.5 Å². The lowest BCUT2D eigenvalue weighted by atomic mass is 10.0. The largest absolute Gasteiger partial charge is 0.481 e. The van der Waals surface area contributed by atoms with Crippen LogP contribution in [0.2, 0.25) is 0 Å². The molecule has 6 nitrogen and oxygen atoms in total. The van der Waals surface area contributed by atoms with Gasteiger partial charge in [0.2, 0.25) is 0 Å². The lowest BCUT2D eigenvalue weighted by molar-refractivity contribution is -0.144. The molecule has 0 aliphatic heterocycles. The highest BCUT2D eigenvalue weighted by atomic mass is 16.5. The summed E-state index contributed by atoms with van der Waals surface area (Å²) in [7, 11) is 0. The van der Waals surface area contributed by atoms with Gasteiger partial charge >= 0.3 is 17.9 Å². The standard InChI is InChI=1S/C33H66O2.2C18H36O2/c1-3-5-7-9-11-13-15-17-18-19-21-23-25-27-29-31-33(34)35-32-30-28-26-24-22-20-16-14-12-10-8-6-4-2;2*1-2-3-4-5-6-7-8-9-10-11-12-13-14-15-16-17-18(19)20/h3-32H2,1-2H3;2*2-17H2,1H3,(H,19,20). The fourth-order valence-electron chi connectivity index (χ4n) is 10.3. The molecule has 0 heterocycles. The first-order valence-corrected chi connectivity index (χ1v) is 34.4. The number of aliphatic carboxylic acids is 2. The Morgan fingerprint density at radius 2 is 0.360 bits per heavy atom. The van der Waals surface area contributed by atoms with Gasteiger partial charge in [-0.1, -0.05) is 374 Å². The van der Waals surface area contributed by atoms with E-state index < -0.39 is 11.9 Å². The maximum absolute atomic E-state index is 11.9. The van der Waals surface area contributed by atoms with Gasteiger partial charge in [0, 0.05) is 19.3 Å². The molecule has 0 saturated carbocycles. The molecule has 0 aliphatic rings. The molecule has 0 saturated heterocycles. The molecule has 0 atom stereocenters. The van der Waals surface area contributed by atoms with Gasteiger partial charge in [-0.3, -0.25) is 14.4 Å². The van der Waals surface area contributed by atoms with E-state index in [9.17, 15) is 14.4 Å². The van der Waals surface area contributed by atoms with Crippen LogP contribution < -0.4 is 0 Å². The van der Waals surface area contributed by atoms with Gasteiger partial charge in [0.05, 0.1) is 6.61 Å². The van der Waals surface area contributed by atoms with E-state index in [-0.39, 0.29) is 5.97 Å². The molecule has 0 aromatic rings. The van der Waals surface area contributed by atoms with Crippen molar-refractivity contribution in [3.8, 4) is 0 Å². The molecule has 0 fully saturated rings. The van der Waals surface area contributed by atoms with E-state index in [1.165, 1.54) is 334 Å². The van der Waals surface area contributed by atoms with Gasteiger partial charge in [-0.05, 0) is 25.7 Å². The molecule has 0 spiro atoms. The Labute approximate surface area is 471 Å². The summed E-state index contributed by atoms with van der Waals surface area (Å²) < 4.78 is 5.42. The smallest absolute Gasteiger partial charge is 0.305 e. The van der Waals surface area contributed by atoms with Crippen molar-refractivity contribution in [1.82, 2.24) is 0 Å². The number of unbranched alkanes of at least 4 members (excludes halogenated alkanes) is 54. The van der Waals surface area contributed by atoms with Gasteiger partial charge in [0.15, 0.2) is 0 Å². The average molecular weight is 1060 g/mol. The molecule has 450 valence electrons. The quantitative estimate of drug-likeness (QED) is 0.0465. The van der Waals surface area contributed by atoms with Gasteiger partial charge < -0.3 is 14.9 Å². The van der Waals surface area contributed by atoms with E-state index in [1.54, 1.807) is 0 Å². The van der Waals surface area contributed by atoms with E-state index >= 15 is 0 Å². The molecule has 0 amide bonds. The van der Waals surface area contributed by atoms with Gasteiger partial charge in [0.1, 0.15) is 0 Å². The molecule has 0 aliphatic carbocycles. The summed E-state index contributed by atoms with van der Waals surface area (Å²) in [6.45, 7) is 9.75. The van der Waals surface area contributed by atoms with Crippen molar-refractivity contribution < 1.29 is 29.3 Å². The second-order valence-electron chi connectivity index (χ2n) is 23.3. The number of carbonyl (C=O) groups is 3. The summed E-state index contributed by atoms with van der Waals surface area (Å²) in [6.07, 6.45) is 79.0. The molecule has 2 N–H and O–H groups in total. The van der Waals surface area contributed by atoms with Crippen molar-refractivity contribution in [2.75, 3.05) is 6.61 Å². The summed E-state index contributed by atoms with van der Waals surface area (Å²) in [5.74, 6) is -1.28. The van der Waals surface area contributed by atoms with Crippen molar-refractivity contribution in [3.63, 3.8) is 0 Å². The predicted molar refractivity (Wildman–Crippen MR) is 331 cm³/mol. The SMILES string of the molecule is CCCCCCCCCCCCCCCCCC(=O)O.CCCCCCCCCCCCCCCCCC(=O)O.CCCCCCCCCCCCCCCCCC(=O)OCCCCCCCCCCCCCCC. The number of hydrogen-bond donors (Lipinski definition) is 2. The van der Waals surface area contributed by atoms with Gasteiger partial charge in [-0.15, -0.1) is 0 Å². The normalized spacial score (nSPS) is 11.0. The Kier molecular flexibility index (Phi) is 77.1. The van der Waals surface area contributed by atoms with Crippen LogP contribution in [0, 0.1) is 0 Å². The predicted octanol–water partition coefficient (Wildman–Crippen LogP) is 24.5. The first-order valence-electron chi connectivity index (χ1n) is 34.4. The van der Waals surface area contributed by atoms with Crippen molar-refractivity contribution in [1.29, 1.82) is 0 Å². The molecule has 6 heteroatoms. The van der Waals surface area contributed by atoms with Crippen molar-refractivity contribution >= 4 is 17.9 Å². The van der Waals surface area contributed by atoms with Crippen LogP contribution in [0.5, 0.6) is 0 Å². The summed E-state index contributed by atoms with van der Waals surface area (Å²) >= 11 is 0. The van der Waals surface area contributed by atoms with Crippen LogP contribution in [0.15, 0.2) is 0 Å². The summed E-state index contributed by atoms with van der Waals surface area (Å²) in [4.78, 5) is 32.5. The van der Waals surface area contributed by atoms with E-state index in [0.29, 0.717) is 25.9 Å². The molecular weight excluding hydrogens is 925 g/mol. The zero-order valence-corrected chi connectivity index (χ0v) is 51.9. The highest BCUT2D eigenvalue weighted by Crippen LogP contribution is 2.18. The molecule has 0 rings (SSSR count). The first kappa shape index (κ1) is 77.6. The van der Waals surface area contributed by atoms with E-state index in [2.05, 4.69) is 27.7 Å². The fourth-order valence-corrected chi connectivity index (χ4v) is 10.3. The first-order chi connectivity index (χ1) is 36.8. The average Bonchev–Trinajstić information content (AvgIpc) is 3.40. The second kappa shape index (κ2) is 74.5. The highest BCUT2D eigenvalue weighted by molar-refractivity contribution is 5.69. The van der Waals surface area contributed by atoms with Crippen molar-refractivity contribution in [2.45, 2.75) is 419 Å². The van der Waals surface area contributed by atoms with Gasteiger partial charge in [0.25, 0.3) is 0 Å². The van der Waals surface area contributed by atoms with Crippen LogP contribution in [-0.4, -0.2) is 34.7 Å². The minimum Gasteiger partial charge on any atom is -0.481 e. The maximum atomic E-state index is 11.9. The van der Waals surface area contributed by atoms with E-state index in [4.69, 9.17) is 14.9 Å². The Morgan fingerprint density at radius 1 is 0.213 bits per heavy atom. The lowest BCUT2D eigenvalue weighted by Crippen LogP contribution is -2.05. The van der Waals surface area contributed by atoms with Crippen LogP contribution in [-0.2, 0) is 19.1 Å². The molecule has 75 heavy (non-hydrogen) atoms. The molecular formula is C69H138O6. The third-order valence-corrected chi connectivity index (χ3v) is 15.5. The Hall–Kier alpha value is -1.59. The van der Waals surface area contributed by atoms with Crippen LogP contribution in [0.1, 0.15) is 419 Å². The van der Waals surface area contributed by atoms with Crippen LogP contribution in [0.25, 0.3) is 0 Å². The van der Waals surface area contributed by atoms with Crippen LogP contribution in [0.4, 0.5) is 0 Å². The molecule has 0 radical (unpaired) electrons. The van der Waals surface area contributed by atoms with Gasteiger partial charge in [-0.25, -0.2) is 0 Å². The van der Waals surface area contributed by atoms with Crippen LogP contribution >= 0.6 is 0 Å². The number of carboxylic acids is 2. The zero-order valence-electron chi connectivity index (χ0n) is 51.9. The van der Waals surface area contributed by atoms with Crippen molar-refractivity contribution in [3.05, 3.63) is 0 Å². The Bertz CT molecular complexity index is 1000. The minimum atomic E-state index is -0.653. The minimum absolute atomic E-state index is 0.0265. The summed E-state index contributed by atoms with van der Waals surface area (Å²) in [5.41, 5.74) is 0. The summed E-state index contributed by atoms with van der Waals surface area (Å²) in [6, 6.07) is 0. The molecule has 0 aromatic heterocycles. The molecule has 0 unspecified atom stereocenters. The number of carbonyl (C=O) groups excluding carboxylic acids is 1. The second-order valence-corrected chi connectivity index (χ2v) is 23.3. The summed E-state index contributed by atoms with van der Waals surface area (Å²) in [5, 5.41) is 17.0. The maximum Gasteiger partial charge on any atom is 0.305 e. The monoisotopic (exact) mass is 1060 g/mol. The number of carboxylic acid groups (broad SMARTS) is 2. The topological polar surface area (TPSA) is 101 Å². The van der Waals surface area contributed by atoms with Crippen LogP contribution in [0.3, 0.4) is 0 Å². The number of hydrogen-bond acceptors (Lipinski definition) is 4. The number of esters is 1. The third-order valence-electron chi connectivity index (χ3n) is 15.5. The fraction of sp³-hybridized carbons (Fsp3) is 0.957.